The molecule has 0 aliphatic carbocycles. The summed E-state index contributed by atoms with van der Waals surface area (Å²) in [4.78, 5) is 11.6. The Balaban J connectivity index is 4.48. The molecule has 5 heteroatoms. The van der Waals surface area contributed by atoms with E-state index in [1.54, 1.807) is 6.92 Å². The highest BCUT2D eigenvalue weighted by Gasteiger charge is 2.31. The predicted molar refractivity (Wildman–Crippen MR) is 58.1 cm³/mol. The molecular formula is C10H22N2O3. The number of hydrogen-bond donors (Lipinski definition) is 4. The van der Waals surface area contributed by atoms with Crippen LogP contribution in [0.1, 0.15) is 27.2 Å². The number of hydrogen-bond acceptors (Lipinski definition) is 4. The molecule has 1 atom stereocenters. The van der Waals surface area contributed by atoms with Gasteiger partial charge in [0.05, 0.1) is 24.8 Å². The number of carbonyl (C=O) groups excluding carboxylic acids is 1. The lowest BCUT2D eigenvalue weighted by Crippen LogP contribution is -2.58. The van der Waals surface area contributed by atoms with E-state index in [-0.39, 0.29) is 25.0 Å². The molecule has 0 aromatic carbocycles. The lowest BCUT2D eigenvalue weighted by atomic mass is 9.96. The first-order valence-corrected chi connectivity index (χ1v) is 5.21. The first-order chi connectivity index (χ1) is 6.92. The molecule has 0 aromatic heterocycles. The summed E-state index contributed by atoms with van der Waals surface area (Å²) in [6.07, 6.45) is 0.455. The lowest BCUT2D eigenvalue weighted by Gasteiger charge is -2.31. The highest BCUT2D eigenvalue weighted by molar-refractivity contribution is 5.82. The highest BCUT2D eigenvalue weighted by Crippen LogP contribution is 2.09. The van der Waals surface area contributed by atoms with Crippen molar-refractivity contribution in [1.82, 2.24) is 5.32 Å². The van der Waals surface area contributed by atoms with Gasteiger partial charge in [0.15, 0.2) is 0 Å². The number of carbonyl (C=O) groups is 1. The van der Waals surface area contributed by atoms with Gasteiger partial charge in [0, 0.05) is 0 Å². The molecular weight excluding hydrogens is 196 g/mol. The summed E-state index contributed by atoms with van der Waals surface area (Å²) in [5, 5.41) is 20.9. The summed E-state index contributed by atoms with van der Waals surface area (Å²) < 4.78 is 0. The van der Waals surface area contributed by atoms with Crippen LogP contribution in [0.4, 0.5) is 0 Å². The Hall–Kier alpha value is -0.650. The van der Waals surface area contributed by atoms with E-state index in [2.05, 4.69) is 5.32 Å². The number of amides is 1. The molecule has 0 heterocycles. The van der Waals surface area contributed by atoms with E-state index in [1.807, 2.05) is 13.8 Å². The molecule has 0 aliphatic heterocycles. The van der Waals surface area contributed by atoms with Gasteiger partial charge in [0.1, 0.15) is 0 Å². The van der Waals surface area contributed by atoms with Gasteiger partial charge in [-0.2, -0.15) is 0 Å². The SMILES string of the molecule is CCC(CO)(CO)NC(=O)[C@@H](N)C(C)C. The summed E-state index contributed by atoms with van der Waals surface area (Å²) in [6.45, 7) is 4.88. The zero-order chi connectivity index (χ0) is 12.1. The molecule has 5 nitrogen and oxygen atoms in total. The second kappa shape index (κ2) is 6.05. The summed E-state index contributed by atoms with van der Waals surface area (Å²) >= 11 is 0. The quantitative estimate of drug-likeness (QED) is 0.470. The predicted octanol–water partition coefficient (Wildman–Crippen LogP) is -0.781. The van der Waals surface area contributed by atoms with Gasteiger partial charge in [-0.1, -0.05) is 20.8 Å². The van der Waals surface area contributed by atoms with Crippen LogP contribution in [0.5, 0.6) is 0 Å². The number of rotatable bonds is 6. The third-order valence-corrected chi connectivity index (χ3v) is 2.69. The van der Waals surface area contributed by atoms with Gasteiger partial charge in [-0.25, -0.2) is 0 Å². The van der Waals surface area contributed by atoms with Gasteiger partial charge in [0.2, 0.25) is 5.91 Å². The molecule has 0 fully saturated rings. The molecule has 0 unspecified atom stereocenters. The zero-order valence-corrected chi connectivity index (χ0v) is 9.66. The van der Waals surface area contributed by atoms with Crippen molar-refractivity contribution in [2.45, 2.75) is 38.8 Å². The minimum absolute atomic E-state index is 0.0249. The third-order valence-electron chi connectivity index (χ3n) is 2.69. The van der Waals surface area contributed by atoms with Crippen molar-refractivity contribution >= 4 is 5.91 Å². The van der Waals surface area contributed by atoms with Gasteiger partial charge < -0.3 is 21.3 Å². The second-order valence-corrected chi connectivity index (χ2v) is 4.21. The number of nitrogens with one attached hydrogen (secondary N) is 1. The van der Waals surface area contributed by atoms with Gasteiger partial charge in [-0.05, 0) is 12.3 Å². The van der Waals surface area contributed by atoms with Crippen molar-refractivity contribution in [1.29, 1.82) is 0 Å². The zero-order valence-electron chi connectivity index (χ0n) is 9.66. The van der Waals surface area contributed by atoms with Crippen LogP contribution >= 0.6 is 0 Å². The molecule has 0 bridgehead atoms. The van der Waals surface area contributed by atoms with Crippen LogP contribution < -0.4 is 11.1 Å². The fraction of sp³-hybridized carbons (Fsp3) is 0.900. The Morgan fingerprint density at radius 3 is 2.13 bits per heavy atom. The fourth-order valence-electron chi connectivity index (χ4n) is 1.09. The van der Waals surface area contributed by atoms with Crippen LogP contribution in [-0.4, -0.2) is 40.9 Å². The number of nitrogens with two attached hydrogens (primary N) is 1. The Labute approximate surface area is 90.7 Å². The second-order valence-electron chi connectivity index (χ2n) is 4.21. The molecule has 1 amide bonds. The van der Waals surface area contributed by atoms with Gasteiger partial charge in [-0.3, -0.25) is 4.79 Å². The van der Waals surface area contributed by atoms with Crippen LogP contribution in [0.15, 0.2) is 0 Å². The smallest absolute Gasteiger partial charge is 0.237 e. The molecule has 0 saturated carbocycles. The van der Waals surface area contributed by atoms with Crippen LogP contribution in [-0.2, 0) is 4.79 Å². The molecule has 0 aromatic rings. The normalized spacial score (nSPS) is 14.1. The Morgan fingerprint density at radius 1 is 1.40 bits per heavy atom. The van der Waals surface area contributed by atoms with E-state index in [4.69, 9.17) is 15.9 Å². The molecule has 5 N–H and O–H groups in total. The Morgan fingerprint density at radius 2 is 1.87 bits per heavy atom. The summed E-state index contributed by atoms with van der Waals surface area (Å²) in [5.41, 5.74) is 4.70. The van der Waals surface area contributed by atoms with Crippen LogP contribution in [0.2, 0.25) is 0 Å². The van der Waals surface area contributed by atoms with Crippen LogP contribution in [0.3, 0.4) is 0 Å². The minimum atomic E-state index is -0.955. The number of aliphatic hydroxyl groups is 2. The van der Waals surface area contributed by atoms with E-state index < -0.39 is 11.6 Å². The monoisotopic (exact) mass is 218 g/mol. The third kappa shape index (κ3) is 3.77. The minimum Gasteiger partial charge on any atom is -0.394 e. The van der Waals surface area contributed by atoms with Crippen molar-refractivity contribution in [3.05, 3.63) is 0 Å². The van der Waals surface area contributed by atoms with Crippen molar-refractivity contribution in [3.63, 3.8) is 0 Å². The summed E-state index contributed by atoms with van der Waals surface area (Å²) in [7, 11) is 0. The standard InChI is InChI=1S/C10H22N2O3/c1-4-10(5-13,6-14)12-9(15)8(11)7(2)3/h7-8,13-14H,4-6,11H2,1-3H3,(H,12,15)/t8-/m0/s1. The maximum absolute atomic E-state index is 11.6. The number of aliphatic hydroxyl groups excluding tert-OH is 2. The average molecular weight is 218 g/mol. The first kappa shape index (κ1) is 14.3. The van der Waals surface area contributed by atoms with Crippen LogP contribution in [0.25, 0.3) is 0 Å². The highest BCUT2D eigenvalue weighted by atomic mass is 16.3. The molecule has 0 spiro atoms. The van der Waals surface area contributed by atoms with Crippen molar-refractivity contribution in [2.75, 3.05) is 13.2 Å². The Kier molecular flexibility index (Phi) is 5.79. The molecule has 0 rings (SSSR count). The van der Waals surface area contributed by atoms with Crippen molar-refractivity contribution in [3.8, 4) is 0 Å². The first-order valence-electron chi connectivity index (χ1n) is 5.21. The van der Waals surface area contributed by atoms with Gasteiger partial charge in [-0.15, -0.1) is 0 Å². The molecule has 15 heavy (non-hydrogen) atoms. The average Bonchev–Trinajstić information content (AvgIpc) is 2.24. The largest absolute Gasteiger partial charge is 0.394 e. The molecule has 0 radical (unpaired) electrons. The van der Waals surface area contributed by atoms with Crippen LogP contribution in [0, 0.1) is 5.92 Å². The molecule has 90 valence electrons. The van der Waals surface area contributed by atoms with E-state index in [0.29, 0.717) is 6.42 Å². The Bertz CT molecular complexity index is 195. The maximum Gasteiger partial charge on any atom is 0.237 e. The molecule has 0 aliphatic rings. The van der Waals surface area contributed by atoms with Crippen molar-refractivity contribution in [2.24, 2.45) is 11.7 Å². The van der Waals surface area contributed by atoms with E-state index >= 15 is 0 Å². The van der Waals surface area contributed by atoms with E-state index in [0.717, 1.165) is 0 Å². The summed E-state index contributed by atoms with van der Waals surface area (Å²) in [6, 6.07) is -0.617. The van der Waals surface area contributed by atoms with E-state index in [9.17, 15) is 4.79 Å². The topological polar surface area (TPSA) is 95.6 Å². The van der Waals surface area contributed by atoms with Gasteiger partial charge in [0.25, 0.3) is 0 Å². The molecule has 0 saturated heterocycles. The van der Waals surface area contributed by atoms with Gasteiger partial charge >= 0.3 is 0 Å². The van der Waals surface area contributed by atoms with Crippen molar-refractivity contribution < 1.29 is 15.0 Å². The summed E-state index contributed by atoms with van der Waals surface area (Å²) in [5.74, 6) is -0.313. The lowest BCUT2D eigenvalue weighted by molar-refractivity contribution is -0.126. The fourth-order valence-corrected chi connectivity index (χ4v) is 1.09. The van der Waals surface area contributed by atoms with E-state index in [1.165, 1.54) is 0 Å². The maximum atomic E-state index is 11.6.